The Kier molecular flexibility index (Phi) is 6.48. The molecule has 0 atom stereocenters. The van der Waals surface area contributed by atoms with Crippen LogP contribution in [0, 0.1) is 0 Å². The van der Waals surface area contributed by atoms with E-state index in [0.29, 0.717) is 17.2 Å². The third-order valence-corrected chi connectivity index (χ3v) is 5.50. The van der Waals surface area contributed by atoms with Crippen LogP contribution in [0.4, 0.5) is 5.69 Å². The first-order valence-electron chi connectivity index (χ1n) is 9.22. The average molecular weight is 420 g/mol. The number of amides is 1. The molecule has 1 aliphatic heterocycles. The molecule has 0 aromatic heterocycles. The number of rotatable bonds is 9. The Hall–Kier alpha value is -2.94. The summed E-state index contributed by atoms with van der Waals surface area (Å²) in [4.78, 5) is 12.3. The van der Waals surface area contributed by atoms with Gasteiger partial charge in [0.2, 0.25) is 22.7 Å². The van der Waals surface area contributed by atoms with Gasteiger partial charge in [-0.15, -0.1) is 0 Å². The molecule has 0 saturated carbocycles. The monoisotopic (exact) mass is 420 g/mol. The van der Waals surface area contributed by atoms with Crippen LogP contribution in [0.1, 0.15) is 12.5 Å². The Labute approximate surface area is 170 Å². The Balaban J connectivity index is 1.53. The van der Waals surface area contributed by atoms with E-state index in [2.05, 4.69) is 12.2 Å². The fourth-order valence-electron chi connectivity index (χ4n) is 2.81. The van der Waals surface area contributed by atoms with Crippen LogP contribution in [0.5, 0.6) is 17.2 Å². The zero-order valence-corrected chi connectivity index (χ0v) is 17.2. The van der Waals surface area contributed by atoms with Crippen molar-refractivity contribution in [1.82, 2.24) is 5.32 Å². The first-order valence-corrected chi connectivity index (χ1v) is 11.1. The van der Waals surface area contributed by atoms with Gasteiger partial charge in [-0.2, -0.15) is 0 Å². The van der Waals surface area contributed by atoms with E-state index in [0.717, 1.165) is 22.7 Å². The molecule has 8 nitrogen and oxygen atoms in total. The molecular weight excluding hydrogens is 396 g/mol. The van der Waals surface area contributed by atoms with Crippen molar-refractivity contribution in [1.29, 1.82) is 0 Å². The van der Waals surface area contributed by atoms with Gasteiger partial charge in [-0.1, -0.05) is 19.1 Å². The van der Waals surface area contributed by atoms with E-state index < -0.39 is 15.9 Å². The summed E-state index contributed by atoms with van der Waals surface area (Å²) in [7, 11) is -3.67. The standard InChI is InChI=1S/C20H24N2O6S/c1-3-15-4-7-17(8-5-15)26-11-10-21-20(23)13-22(29(2,24)25)16-6-9-18-19(12-16)28-14-27-18/h4-9,12H,3,10-11,13-14H2,1-2H3,(H,21,23). The number of nitrogens with zero attached hydrogens (tertiary/aromatic N) is 1. The summed E-state index contributed by atoms with van der Waals surface area (Å²) in [5, 5.41) is 2.67. The van der Waals surface area contributed by atoms with E-state index in [1.54, 1.807) is 18.2 Å². The molecule has 0 aliphatic carbocycles. The summed E-state index contributed by atoms with van der Waals surface area (Å²) in [6.45, 7) is 2.35. The molecule has 1 aliphatic rings. The zero-order valence-electron chi connectivity index (χ0n) is 16.4. The molecule has 1 N–H and O–H groups in total. The fraction of sp³-hybridized carbons (Fsp3) is 0.350. The Morgan fingerprint density at radius 2 is 1.86 bits per heavy atom. The summed E-state index contributed by atoms with van der Waals surface area (Å²) in [5.74, 6) is 1.27. The molecule has 1 amide bonds. The highest BCUT2D eigenvalue weighted by molar-refractivity contribution is 7.92. The number of anilines is 1. The number of nitrogens with one attached hydrogen (secondary N) is 1. The van der Waals surface area contributed by atoms with Crippen LogP contribution < -0.4 is 23.8 Å². The van der Waals surface area contributed by atoms with E-state index in [4.69, 9.17) is 14.2 Å². The lowest BCUT2D eigenvalue weighted by molar-refractivity contribution is -0.119. The molecule has 0 bridgehead atoms. The smallest absolute Gasteiger partial charge is 0.240 e. The van der Waals surface area contributed by atoms with Crippen molar-refractivity contribution in [2.24, 2.45) is 0 Å². The minimum atomic E-state index is -3.67. The number of hydrogen-bond donors (Lipinski definition) is 1. The molecule has 2 aromatic rings. The van der Waals surface area contributed by atoms with Crippen molar-refractivity contribution in [2.45, 2.75) is 13.3 Å². The van der Waals surface area contributed by atoms with Crippen molar-refractivity contribution in [3.05, 3.63) is 48.0 Å². The van der Waals surface area contributed by atoms with Gasteiger partial charge in [-0.3, -0.25) is 9.10 Å². The number of benzene rings is 2. The highest BCUT2D eigenvalue weighted by Gasteiger charge is 2.23. The quantitative estimate of drug-likeness (QED) is 0.623. The van der Waals surface area contributed by atoms with Gasteiger partial charge >= 0.3 is 0 Å². The second-order valence-electron chi connectivity index (χ2n) is 6.50. The lowest BCUT2D eigenvalue weighted by Gasteiger charge is -2.22. The van der Waals surface area contributed by atoms with Gasteiger partial charge in [-0.05, 0) is 36.2 Å². The van der Waals surface area contributed by atoms with Crippen molar-refractivity contribution >= 4 is 21.6 Å². The Morgan fingerprint density at radius 3 is 2.55 bits per heavy atom. The van der Waals surface area contributed by atoms with Crippen LogP contribution in [0.3, 0.4) is 0 Å². The van der Waals surface area contributed by atoms with Crippen molar-refractivity contribution in [2.75, 3.05) is 37.1 Å². The first kappa shape index (κ1) is 20.8. The maximum absolute atomic E-state index is 12.3. The average Bonchev–Trinajstić information content (AvgIpc) is 3.17. The second-order valence-corrected chi connectivity index (χ2v) is 8.41. The van der Waals surface area contributed by atoms with E-state index in [1.807, 2.05) is 24.3 Å². The topological polar surface area (TPSA) is 94.2 Å². The van der Waals surface area contributed by atoms with Crippen LogP contribution in [-0.2, 0) is 21.2 Å². The van der Waals surface area contributed by atoms with E-state index in [9.17, 15) is 13.2 Å². The molecule has 0 saturated heterocycles. The number of aryl methyl sites for hydroxylation is 1. The normalized spacial score (nSPS) is 12.5. The lowest BCUT2D eigenvalue weighted by Crippen LogP contribution is -2.41. The minimum absolute atomic E-state index is 0.0827. The number of sulfonamides is 1. The van der Waals surface area contributed by atoms with Crippen LogP contribution in [0.15, 0.2) is 42.5 Å². The van der Waals surface area contributed by atoms with Crippen LogP contribution in [0.25, 0.3) is 0 Å². The van der Waals surface area contributed by atoms with Gasteiger partial charge < -0.3 is 19.5 Å². The van der Waals surface area contributed by atoms with Gasteiger partial charge in [0.25, 0.3) is 0 Å². The summed E-state index contributed by atoms with van der Waals surface area (Å²) < 4.78 is 41.5. The van der Waals surface area contributed by atoms with E-state index in [-0.39, 0.29) is 26.5 Å². The molecule has 2 aromatic carbocycles. The minimum Gasteiger partial charge on any atom is -0.492 e. The Bertz CT molecular complexity index is 959. The van der Waals surface area contributed by atoms with Crippen LogP contribution >= 0.6 is 0 Å². The van der Waals surface area contributed by atoms with Gasteiger partial charge in [0.1, 0.15) is 18.9 Å². The van der Waals surface area contributed by atoms with E-state index >= 15 is 0 Å². The highest BCUT2D eigenvalue weighted by Crippen LogP contribution is 2.36. The predicted molar refractivity (Wildman–Crippen MR) is 109 cm³/mol. The molecule has 0 radical (unpaired) electrons. The highest BCUT2D eigenvalue weighted by atomic mass is 32.2. The van der Waals surface area contributed by atoms with Crippen LogP contribution in [-0.4, -0.2) is 47.1 Å². The van der Waals surface area contributed by atoms with E-state index in [1.165, 1.54) is 5.56 Å². The third kappa shape index (κ3) is 5.54. The number of carbonyl (C=O) groups is 1. The number of fused-ring (bicyclic) bond motifs is 1. The molecule has 156 valence electrons. The van der Waals surface area contributed by atoms with Crippen molar-refractivity contribution in [3.63, 3.8) is 0 Å². The van der Waals surface area contributed by atoms with Gasteiger partial charge in [0.05, 0.1) is 18.5 Å². The first-order chi connectivity index (χ1) is 13.9. The second kappa shape index (κ2) is 9.04. The maximum Gasteiger partial charge on any atom is 0.240 e. The van der Waals surface area contributed by atoms with Crippen molar-refractivity contribution in [3.8, 4) is 17.2 Å². The van der Waals surface area contributed by atoms with Crippen LogP contribution in [0.2, 0.25) is 0 Å². The zero-order chi connectivity index (χ0) is 20.9. The van der Waals surface area contributed by atoms with Gasteiger partial charge in [-0.25, -0.2) is 8.42 Å². The molecule has 3 rings (SSSR count). The SMILES string of the molecule is CCc1ccc(OCCNC(=O)CN(c2ccc3c(c2)OCO3)S(C)(=O)=O)cc1. The molecule has 1 heterocycles. The summed E-state index contributed by atoms with van der Waals surface area (Å²) in [5.41, 5.74) is 1.55. The molecule has 0 unspecified atom stereocenters. The predicted octanol–water partition coefficient (Wildman–Crippen LogP) is 1.94. The summed E-state index contributed by atoms with van der Waals surface area (Å²) in [6, 6.07) is 12.5. The third-order valence-electron chi connectivity index (χ3n) is 4.36. The number of hydrogen-bond acceptors (Lipinski definition) is 6. The molecule has 9 heteroatoms. The summed E-state index contributed by atoms with van der Waals surface area (Å²) in [6.07, 6.45) is 2.00. The summed E-state index contributed by atoms with van der Waals surface area (Å²) >= 11 is 0. The molecular formula is C20H24N2O6S. The molecule has 29 heavy (non-hydrogen) atoms. The van der Waals surface area contributed by atoms with Gasteiger partial charge in [0.15, 0.2) is 11.5 Å². The molecule has 0 spiro atoms. The number of ether oxygens (including phenoxy) is 3. The van der Waals surface area contributed by atoms with Gasteiger partial charge in [0, 0.05) is 6.07 Å². The lowest BCUT2D eigenvalue weighted by atomic mass is 10.2. The number of carbonyl (C=O) groups excluding carboxylic acids is 1. The maximum atomic E-state index is 12.3. The largest absolute Gasteiger partial charge is 0.492 e. The Morgan fingerprint density at radius 1 is 1.14 bits per heavy atom. The van der Waals surface area contributed by atoms with Crippen molar-refractivity contribution < 1.29 is 27.4 Å². The fourth-order valence-corrected chi connectivity index (χ4v) is 3.66. The molecule has 0 fully saturated rings.